The van der Waals surface area contributed by atoms with Gasteiger partial charge in [-0.05, 0) is 51.1 Å². The number of hydrogen-bond donors (Lipinski definition) is 1. The van der Waals surface area contributed by atoms with Crippen LogP contribution >= 0.6 is 0 Å². The van der Waals surface area contributed by atoms with Gasteiger partial charge in [-0.25, -0.2) is 0 Å². The molecule has 1 N–H and O–H groups in total. The highest BCUT2D eigenvalue weighted by Gasteiger charge is 2.34. The van der Waals surface area contributed by atoms with Gasteiger partial charge in [0.25, 0.3) is 0 Å². The highest BCUT2D eigenvalue weighted by atomic mass is 16.3. The van der Waals surface area contributed by atoms with Crippen LogP contribution in [0.3, 0.4) is 0 Å². The Kier molecular flexibility index (Phi) is 3.29. The number of aromatic hydroxyl groups is 1. The van der Waals surface area contributed by atoms with Gasteiger partial charge in [-0.15, -0.1) is 0 Å². The van der Waals surface area contributed by atoms with Crippen molar-refractivity contribution in [1.29, 1.82) is 0 Å². The zero-order valence-corrected chi connectivity index (χ0v) is 11.2. The van der Waals surface area contributed by atoms with E-state index >= 15 is 0 Å². The van der Waals surface area contributed by atoms with E-state index in [2.05, 4.69) is 17.9 Å². The summed E-state index contributed by atoms with van der Waals surface area (Å²) in [6, 6.07) is 6.72. The molecule has 2 nitrogen and oxygen atoms in total. The largest absolute Gasteiger partial charge is 0.508 e. The molecule has 2 heteroatoms. The molecule has 1 aromatic rings. The number of phenols is 1. The second-order valence-electron chi connectivity index (χ2n) is 6.00. The maximum atomic E-state index is 9.98. The fourth-order valence-corrected chi connectivity index (χ4v) is 3.81. The van der Waals surface area contributed by atoms with Crippen LogP contribution in [-0.2, 0) is 6.54 Å². The Morgan fingerprint density at radius 3 is 2.94 bits per heavy atom. The first-order valence-electron chi connectivity index (χ1n) is 7.26. The maximum absolute atomic E-state index is 9.98. The first-order chi connectivity index (χ1) is 8.74. The van der Waals surface area contributed by atoms with Crippen molar-refractivity contribution in [2.24, 2.45) is 5.92 Å². The quantitative estimate of drug-likeness (QED) is 0.862. The molecule has 2 unspecified atom stereocenters. The number of likely N-dealkylation sites (tertiary alicyclic amines) is 1. The minimum absolute atomic E-state index is 0.459. The van der Waals surface area contributed by atoms with E-state index < -0.39 is 0 Å². The Hall–Kier alpha value is -1.02. The zero-order valence-electron chi connectivity index (χ0n) is 11.2. The van der Waals surface area contributed by atoms with Gasteiger partial charge in [-0.3, -0.25) is 4.90 Å². The van der Waals surface area contributed by atoms with Crippen molar-refractivity contribution in [3.63, 3.8) is 0 Å². The minimum Gasteiger partial charge on any atom is -0.508 e. The molecule has 1 heterocycles. The zero-order chi connectivity index (χ0) is 12.5. The summed E-state index contributed by atoms with van der Waals surface area (Å²) in [6.07, 6.45) is 6.92. The summed E-state index contributed by atoms with van der Waals surface area (Å²) in [7, 11) is 0. The maximum Gasteiger partial charge on any atom is 0.120 e. The van der Waals surface area contributed by atoms with Gasteiger partial charge in [0.2, 0.25) is 0 Å². The van der Waals surface area contributed by atoms with Gasteiger partial charge >= 0.3 is 0 Å². The van der Waals surface area contributed by atoms with Crippen molar-refractivity contribution in [2.45, 2.75) is 51.6 Å². The van der Waals surface area contributed by atoms with Crippen LogP contribution in [0.15, 0.2) is 18.2 Å². The second-order valence-corrected chi connectivity index (χ2v) is 6.00. The standard InChI is InChI=1S/C16H23NO/c1-12-7-8-16(18)14(10-12)11-17-9-3-5-13-4-2-6-15(13)17/h7-8,10,13,15,18H,2-6,9,11H2,1H3. The molecular weight excluding hydrogens is 222 g/mol. The number of rotatable bonds is 2. The number of phenolic OH excluding ortho intramolecular Hbond substituents is 1. The molecular formula is C16H23NO. The van der Waals surface area contributed by atoms with E-state index in [-0.39, 0.29) is 0 Å². The number of fused-ring (bicyclic) bond motifs is 1. The van der Waals surface area contributed by atoms with Crippen LogP contribution in [0, 0.1) is 12.8 Å². The Balaban J connectivity index is 1.77. The highest BCUT2D eigenvalue weighted by Crippen LogP contribution is 2.38. The molecule has 0 aromatic heterocycles. The van der Waals surface area contributed by atoms with Crippen LogP contribution in [0.4, 0.5) is 0 Å². The molecule has 1 aromatic carbocycles. The Labute approximate surface area is 110 Å². The van der Waals surface area contributed by atoms with Crippen molar-refractivity contribution < 1.29 is 5.11 Å². The van der Waals surface area contributed by atoms with Gasteiger partial charge in [0.05, 0.1) is 0 Å². The molecule has 3 rings (SSSR count). The molecule has 0 spiro atoms. The predicted octanol–water partition coefficient (Wildman–Crippen LogP) is 3.47. The van der Waals surface area contributed by atoms with E-state index in [0.29, 0.717) is 5.75 Å². The van der Waals surface area contributed by atoms with Crippen molar-refractivity contribution in [2.75, 3.05) is 6.54 Å². The summed E-state index contributed by atoms with van der Waals surface area (Å²) >= 11 is 0. The van der Waals surface area contributed by atoms with Gasteiger partial charge < -0.3 is 5.11 Å². The smallest absolute Gasteiger partial charge is 0.120 e. The van der Waals surface area contributed by atoms with Crippen LogP contribution in [-0.4, -0.2) is 22.6 Å². The summed E-state index contributed by atoms with van der Waals surface area (Å²) in [5.41, 5.74) is 2.34. The van der Waals surface area contributed by atoms with E-state index in [1.807, 2.05) is 12.1 Å². The molecule has 98 valence electrons. The summed E-state index contributed by atoms with van der Waals surface area (Å²) < 4.78 is 0. The summed E-state index contributed by atoms with van der Waals surface area (Å²) in [6.45, 7) is 4.22. The Morgan fingerprint density at radius 1 is 1.22 bits per heavy atom. The Morgan fingerprint density at radius 2 is 2.06 bits per heavy atom. The summed E-state index contributed by atoms with van der Waals surface area (Å²) in [5, 5.41) is 9.98. The van der Waals surface area contributed by atoms with Gasteiger partial charge in [0, 0.05) is 18.2 Å². The van der Waals surface area contributed by atoms with E-state index in [1.165, 1.54) is 44.2 Å². The minimum atomic E-state index is 0.459. The average Bonchev–Trinajstić information content (AvgIpc) is 2.83. The SMILES string of the molecule is Cc1ccc(O)c(CN2CCCC3CCCC32)c1. The number of hydrogen-bond acceptors (Lipinski definition) is 2. The van der Waals surface area contributed by atoms with Crippen molar-refractivity contribution >= 4 is 0 Å². The topological polar surface area (TPSA) is 23.5 Å². The van der Waals surface area contributed by atoms with Crippen molar-refractivity contribution in [3.05, 3.63) is 29.3 Å². The number of piperidine rings is 1. The summed E-state index contributed by atoms with van der Waals surface area (Å²) in [5.74, 6) is 1.38. The lowest BCUT2D eigenvalue weighted by Crippen LogP contribution is -2.41. The molecule has 2 fully saturated rings. The van der Waals surface area contributed by atoms with Crippen LogP contribution in [0.1, 0.15) is 43.2 Å². The van der Waals surface area contributed by atoms with Gasteiger partial charge in [-0.1, -0.05) is 24.1 Å². The van der Waals surface area contributed by atoms with Crippen LogP contribution < -0.4 is 0 Å². The van der Waals surface area contributed by atoms with Crippen molar-refractivity contribution in [3.8, 4) is 5.75 Å². The molecule has 1 aliphatic carbocycles. The fourth-order valence-electron chi connectivity index (χ4n) is 3.81. The lowest BCUT2D eigenvalue weighted by Gasteiger charge is -2.37. The van der Waals surface area contributed by atoms with Crippen LogP contribution in [0.25, 0.3) is 0 Å². The second kappa shape index (κ2) is 4.93. The molecule has 1 aliphatic heterocycles. The average molecular weight is 245 g/mol. The van der Waals surface area contributed by atoms with E-state index in [0.717, 1.165) is 24.1 Å². The van der Waals surface area contributed by atoms with Gasteiger partial charge in [0.1, 0.15) is 5.75 Å². The summed E-state index contributed by atoms with van der Waals surface area (Å²) in [4.78, 5) is 2.61. The third kappa shape index (κ3) is 2.26. The Bertz CT molecular complexity index is 429. The molecule has 2 atom stereocenters. The number of aryl methyl sites for hydroxylation is 1. The lowest BCUT2D eigenvalue weighted by molar-refractivity contribution is 0.105. The molecule has 18 heavy (non-hydrogen) atoms. The molecule has 0 radical (unpaired) electrons. The molecule has 1 saturated carbocycles. The third-order valence-electron chi connectivity index (χ3n) is 4.72. The fraction of sp³-hybridized carbons (Fsp3) is 0.625. The number of benzene rings is 1. The molecule has 2 aliphatic rings. The third-order valence-corrected chi connectivity index (χ3v) is 4.72. The van der Waals surface area contributed by atoms with E-state index in [4.69, 9.17) is 0 Å². The van der Waals surface area contributed by atoms with E-state index in [1.54, 1.807) is 0 Å². The van der Waals surface area contributed by atoms with E-state index in [9.17, 15) is 5.11 Å². The molecule has 1 saturated heterocycles. The van der Waals surface area contributed by atoms with Gasteiger partial charge in [-0.2, -0.15) is 0 Å². The van der Waals surface area contributed by atoms with Crippen LogP contribution in [0.2, 0.25) is 0 Å². The van der Waals surface area contributed by atoms with Crippen molar-refractivity contribution in [1.82, 2.24) is 4.90 Å². The van der Waals surface area contributed by atoms with Crippen LogP contribution in [0.5, 0.6) is 5.75 Å². The monoisotopic (exact) mass is 245 g/mol. The normalized spacial score (nSPS) is 28.3. The molecule has 0 bridgehead atoms. The number of nitrogens with zero attached hydrogens (tertiary/aromatic N) is 1. The lowest BCUT2D eigenvalue weighted by atomic mass is 9.91. The van der Waals surface area contributed by atoms with Gasteiger partial charge in [0.15, 0.2) is 0 Å². The molecule has 0 amide bonds. The first kappa shape index (κ1) is 12.0. The predicted molar refractivity (Wildman–Crippen MR) is 73.6 cm³/mol. The highest BCUT2D eigenvalue weighted by molar-refractivity contribution is 5.35. The first-order valence-corrected chi connectivity index (χ1v) is 7.26.